The van der Waals surface area contributed by atoms with Crippen LogP contribution in [0.5, 0.6) is 0 Å². The summed E-state index contributed by atoms with van der Waals surface area (Å²) in [6, 6.07) is 10.2. The fourth-order valence-corrected chi connectivity index (χ4v) is 3.83. The summed E-state index contributed by atoms with van der Waals surface area (Å²) in [4.78, 5) is 0. The zero-order chi connectivity index (χ0) is 9.84. The van der Waals surface area contributed by atoms with E-state index in [9.17, 15) is 4.39 Å². The minimum atomic E-state index is -1.07. The fraction of sp³-hybridized carbons (Fsp3) is 0.273. The van der Waals surface area contributed by atoms with Crippen LogP contribution in [-0.4, -0.2) is 13.9 Å². The molecule has 0 amide bonds. The van der Waals surface area contributed by atoms with Gasteiger partial charge < -0.3 is 0 Å². The van der Waals surface area contributed by atoms with Crippen molar-refractivity contribution < 1.29 is 4.39 Å². The monoisotopic (exact) mass is 245 g/mol. The molecule has 0 aromatic heterocycles. The third-order valence-corrected chi connectivity index (χ3v) is 6.61. The Morgan fingerprint density at radius 1 is 1.15 bits per heavy atom. The normalized spacial score (nSPS) is 15.1. The Kier molecular flexibility index (Phi) is 3.70. The fourth-order valence-electron chi connectivity index (χ4n) is 1.01. The van der Waals surface area contributed by atoms with Crippen LogP contribution in [0, 0.1) is 0 Å². The van der Waals surface area contributed by atoms with Gasteiger partial charge in [-0.1, -0.05) is 0 Å². The second-order valence-corrected chi connectivity index (χ2v) is 7.33. The Bertz CT molecular complexity index is 299. The summed E-state index contributed by atoms with van der Waals surface area (Å²) >= 11 is -1.07. The van der Waals surface area contributed by atoms with E-state index >= 15 is 0 Å². The number of allylic oxidation sites excluding steroid dienone is 2. The van der Waals surface area contributed by atoms with Crippen LogP contribution in [0.2, 0.25) is 5.82 Å². The summed E-state index contributed by atoms with van der Waals surface area (Å²) in [6.07, 6.45) is 0. The molecule has 0 fully saturated rings. The number of benzene rings is 1. The molecular weight excluding hydrogens is 230 g/mol. The van der Waals surface area contributed by atoms with E-state index in [1.807, 2.05) is 25.1 Å². The molecule has 70 valence electrons. The zero-order valence-electron chi connectivity index (χ0n) is 8.17. The predicted molar refractivity (Wildman–Crippen MR) is 57.2 cm³/mol. The van der Waals surface area contributed by atoms with E-state index in [0.29, 0.717) is 0 Å². The van der Waals surface area contributed by atoms with Crippen molar-refractivity contribution in [3.63, 3.8) is 0 Å². The van der Waals surface area contributed by atoms with Gasteiger partial charge in [-0.2, -0.15) is 0 Å². The van der Waals surface area contributed by atoms with E-state index < -0.39 is 13.9 Å². The van der Waals surface area contributed by atoms with Crippen LogP contribution < -0.4 is 4.46 Å². The quantitative estimate of drug-likeness (QED) is 0.702. The molecule has 1 unspecified atom stereocenters. The molecule has 0 aliphatic carbocycles. The van der Waals surface area contributed by atoms with Crippen LogP contribution in [0.3, 0.4) is 0 Å². The summed E-state index contributed by atoms with van der Waals surface area (Å²) in [5.74, 6) is 2.13. The number of rotatable bonds is 2. The Morgan fingerprint density at radius 3 is 2.15 bits per heavy atom. The average molecular weight is 244 g/mol. The van der Waals surface area contributed by atoms with Crippen molar-refractivity contribution in [2.45, 2.75) is 19.7 Å². The minimum absolute atomic E-state index is 0.0173. The zero-order valence-corrected chi connectivity index (χ0v) is 9.89. The molecule has 2 heteroatoms. The summed E-state index contributed by atoms with van der Waals surface area (Å²) in [6.45, 7) is 3.44. The van der Waals surface area contributed by atoms with Gasteiger partial charge in [0, 0.05) is 0 Å². The van der Waals surface area contributed by atoms with Crippen LogP contribution in [0.15, 0.2) is 40.6 Å². The van der Waals surface area contributed by atoms with Gasteiger partial charge in [-0.05, 0) is 0 Å². The first kappa shape index (κ1) is 10.5. The van der Waals surface area contributed by atoms with Gasteiger partial charge in [-0.25, -0.2) is 0 Å². The Labute approximate surface area is 83.4 Å². The first-order chi connectivity index (χ1) is 6.13. The standard InChI is InChI=1S/C11H14FSe/c1-9(12)10(2)13(3)11-7-5-4-6-8-11/h4-8H,1-3H3/q+1/b10-9+. The molecule has 0 heterocycles. The molecule has 1 aromatic rings. The Morgan fingerprint density at radius 2 is 1.69 bits per heavy atom. The van der Waals surface area contributed by atoms with Gasteiger partial charge >= 0.3 is 83.1 Å². The topological polar surface area (TPSA) is 0 Å². The van der Waals surface area contributed by atoms with Crippen LogP contribution in [-0.2, 0) is 0 Å². The maximum atomic E-state index is 12.9. The van der Waals surface area contributed by atoms with Crippen molar-refractivity contribution in [3.05, 3.63) is 40.6 Å². The SMILES string of the molecule is C/C(F)=C(/C)[Se+](C)c1ccccc1. The van der Waals surface area contributed by atoms with Crippen LogP contribution in [0.1, 0.15) is 13.8 Å². The van der Waals surface area contributed by atoms with E-state index in [1.165, 1.54) is 11.4 Å². The van der Waals surface area contributed by atoms with Crippen molar-refractivity contribution in [2.75, 3.05) is 0 Å². The average Bonchev–Trinajstić information content (AvgIpc) is 2.17. The van der Waals surface area contributed by atoms with Crippen molar-refractivity contribution in [1.29, 1.82) is 0 Å². The van der Waals surface area contributed by atoms with Crippen molar-refractivity contribution >= 4 is 18.4 Å². The van der Waals surface area contributed by atoms with Gasteiger partial charge in [0.05, 0.1) is 0 Å². The molecule has 0 radical (unpaired) electrons. The molecule has 0 nitrogen and oxygen atoms in total. The second-order valence-electron chi connectivity index (χ2n) is 2.91. The Hall–Kier alpha value is -0.591. The summed E-state index contributed by atoms with van der Waals surface area (Å²) in [5, 5.41) is 0. The van der Waals surface area contributed by atoms with Crippen LogP contribution in [0.25, 0.3) is 0 Å². The number of hydrogen-bond donors (Lipinski definition) is 0. The second kappa shape index (κ2) is 4.59. The van der Waals surface area contributed by atoms with Gasteiger partial charge in [0.15, 0.2) is 0 Å². The molecule has 1 aromatic carbocycles. The molecular formula is C11H14FSe+. The molecule has 0 saturated carbocycles. The third kappa shape index (κ3) is 2.68. The Balaban J connectivity index is 2.93. The van der Waals surface area contributed by atoms with Crippen LogP contribution in [0.4, 0.5) is 4.39 Å². The van der Waals surface area contributed by atoms with Crippen molar-refractivity contribution in [1.82, 2.24) is 0 Å². The van der Waals surface area contributed by atoms with Gasteiger partial charge in [0.1, 0.15) is 0 Å². The van der Waals surface area contributed by atoms with E-state index in [4.69, 9.17) is 0 Å². The summed E-state index contributed by atoms with van der Waals surface area (Å²) < 4.78 is 15.2. The molecule has 0 spiro atoms. The van der Waals surface area contributed by atoms with E-state index in [1.54, 1.807) is 0 Å². The summed E-state index contributed by atoms with van der Waals surface area (Å²) in [7, 11) is 0. The molecule has 0 aliphatic rings. The van der Waals surface area contributed by atoms with Crippen LogP contribution >= 0.6 is 0 Å². The predicted octanol–water partition coefficient (Wildman–Crippen LogP) is 2.82. The maximum absolute atomic E-state index is 12.9. The van der Waals surface area contributed by atoms with Crippen molar-refractivity contribution in [3.8, 4) is 0 Å². The van der Waals surface area contributed by atoms with Gasteiger partial charge in [-0.3, -0.25) is 0 Å². The van der Waals surface area contributed by atoms with Gasteiger partial charge in [0.2, 0.25) is 0 Å². The van der Waals surface area contributed by atoms with Crippen molar-refractivity contribution in [2.24, 2.45) is 0 Å². The third-order valence-electron chi connectivity index (χ3n) is 2.04. The molecule has 0 saturated heterocycles. The molecule has 1 atom stereocenters. The summed E-state index contributed by atoms with van der Waals surface area (Å²) in [5.41, 5.74) is 0. The van der Waals surface area contributed by atoms with E-state index in [-0.39, 0.29) is 5.83 Å². The molecule has 13 heavy (non-hydrogen) atoms. The first-order valence-corrected chi connectivity index (χ1v) is 7.59. The molecule has 0 bridgehead atoms. The first-order valence-electron chi connectivity index (χ1n) is 4.17. The molecule has 0 aliphatic heterocycles. The van der Waals surface area contributed by atoms with E-state index in [2.05, 4.69) is 18.0 Å². The molecule has 1 rings (SSSR count). The number of halogens is 1. The number of hydrogen-bond acceptors (Lipinski definition) is 0. The van der Waals surface area contributed by atoms with E-state index in [0.717, 1.165) is 4.47 Å². The van der Waals surface area contributed by atoms with Gasteiger partial charge in [0.25, 0.3) is 0 Å². The van der Waals surface area contributed by atoms with Gasteiger partial charge in [-0.15, -0.1) is 0 Å². The molecule has 0 N–H and O–H groups in total.